The molecular weight excluding hydrogens is 242 g/mol. The minimum Gasteiger partial charge on any atom is -0.396 e. The van der Waals surface area contributed by atoms with Crippen molar-refractivity contribution in [3.05, 3.63) is 29.3 Å². The third-order valence-corrected chi connectivity index (χ3v) is 2.39. The highest BCUT2D eigenvalue weighted by Crippen LogP contribution is 2.16. The third-order valence-electron chi connectivity index (χ3n) is 2.39. The van der Waals surface area contributed by atoms with Crippen LogP contribution in [0.4, 0.5) is 14.5 Å². The number of nitrogen functional groups attached to an aromatic ring is 1. The molecule has 18 heavy (non-hydrogen) atoms. The second-order valence-corrected chi connectivity index (χ2v) is 3.81. The number of nitrogens with two attached hydrogens (primary N) is 1. The molecule has 0 radical (unpaired) electrons. The standard InChI is InChI=1S/C12H16F2N2O2/c1-18-5-3-2-4-16-12(17)8-6-11(15)10(14)7-9(8)13/h6-7H,2-5,15H2,1H3,(H,16,17). The van der Waals surface area contributed by atoms with Gasteiger partial charge in [-0.2, -0.15) is 0 Å². The average Bonchev–Trinajstić information content (AvgIpc) is 2.33. The normalized spacial score (nSPS) is 10.4. The Morgan fingerprint density at radius 1 is 1.33 bits per heavy atom. The van der Waals surface area contributed by atoms with E-state index in [0.29, 0.717) is 19.2 Å². The number of amides is 1. The van der Waals surface area contributed by atoms with E-state index < -0.39 is 17.5 Å². The van der Waals surface area contributed by atoms with Gasteiger partial charge in [0.15, 0.2) is 0 Å². The highest BCUT2D eigenvalue weighted by atomic mass is 19.1. The average molecular weight is 258 g/mol. The van der Waals surface area contributed by atoms with Gasteiger partial charge in [-0.1, -0.05) is 0 Å². The van der Waals surface area contributed by atoms with Crippen LogP contribution in [0.5, 0.6) is 0 Å². The molecule has 1 aromatic carbocycles. The largest absolute Gasteiger partial charge is 0.396 e. The molecule has 0 aliphatic heterocycles. The molecule has 0 fully saturated rings. The molecule has 0 saturated carbocycles. The van der Waals surface area contributed by atoms with Crippen LogP contribution in [-0.4, -0.2) is 26.2 Å². The van der Waals surface area contributed by atoms with Crippen molar-refractivity contribution >= 4 is 11.6 Å². The van der Waals surface area contributed by atoms with E-state index in [-0.39, 0.29) is 11.3 Å². The summed E-state index contributed by atoms with van der Waals surface area (Å²) in [6.45, 7) is 1.01. The maximum Gasteiger partial charge on any atom is 0.254 e. The molecular formula is C12H16F2N2O2. The number of ether oxygens (including phenoxy) is 1. The lowest BCUT2D eigenvalue weighted by atomic mass is 10.1. The lowest BCUT2D eigenvalue weighted by molar-refractivity contribution is 0.0947. The van der Waals surface area contributed by atoms with Crippen molar-refractivity contribution in [2.75, 3.05) is 26.0 Å². The van der Waals surface area contributed by atoms with Gasteiger partial charge in [-0.25, -0.2) is 8.78 Å². The fourth-order valence-corrected chi connectivity index (χ4v) is 1.41. The van der Waals surface area contributed by atoms with E-state index in [0.717, 1.165) is 18.9 Å². The molecule has 0 unspecified atom stereocenters. The van der Waals surface area contributed by atoms with Gasteiger partial charge in [0.25, 0.3) is 5.91 Å². The Labute approximate surface area is 104 Å². The summed E-state index contributed by atoms with van der Waals surface area (Å²) in [4.78, 5) is 11.6. The number of rotatable bonds is 6. The van der Waals surface area contributed by atoms with Gasteiger partial charge in [0.2, 0.25) is 0 Å². The van der Waals surface area contributed by atoms with Crippen LogP contribution in [0.1, 0.15) is 23.2 Å². The van der Waals surface area contributed by atoms with Crippen LogP contribution in [0.15, 0.2) is 12.1 Å². The van der Waals surface area contributed by atoms with Gasteiger partial charge in [0.1, 0.15) is 11.6 Å². The minimum absolute atomic E-state index is 0.249. The van der Waals surface area contributed by atoms with Crippen molar-refractivity contribution in [1.29, 1.82) is 0 Å². The number of carbonyl (C=O) groups is 1. The Bertz CT molecular complexity index is 425. The van der Waals surface area contributed by atoms with Gasteiger partial charge in [-0.05, 0) is 18.9 Å². The molecule has 0 heterocycles. The van der Waals surface area contributed by atoms with Crippen LogP contribution in [-0.2, 0) is 4.74 Å². The summed E-state index contributed by atoms with van der Waals surface area (Å²) in [5, 5.41) is 2.53. The maximum atomic E-state index is 13.3. The summed E-state index contributed by atoms with van der Waals surface area (Å²) in [7, 11) is 1.59. The highest BCUT2D eigenvalue weighted by molar-refractivity contribution is 5.95. The van der Waals surface area contributed by atoms with E-state index in [2.05, 4.69) is 5.32 Å². The number of carbonyl (C=O) groups excluding carboxylic acids is 1. The Balaban J connectivity index is 2.54. The highest BCUT2D eigenvalue weighted by Gasteiger charge is 2.14. The molecule has 4 nitrogen and oxygen atoms in total. The first-order valence-corrected chi connectivity index (χ1v) is 5.58. The summed E-state index contributed by atoms with van der Waals surface area (Å²) in [6, 6.07) is 1.60. The number of hydrogen-bond acceptors (Lipinski definition) is 3. The van der Waals surface area contributed by atoms with Crippen LogP contribution < -0.4 is 11.1 Å². The van der Waals surface area contributed by atoms with Gasteiger partial charge in [0, 0.05) is 26.3 Å². The van der Waals surface area contributed by atoms with E-state index in [1.54, 1.807) is 7.11 Å². The molecule has 100 valence electrons. The monoisotopic (exact) mass is 258 g/mol. The minimum atomic E-state index is -0.920. The molecule has 1 rings (SSSR count). The van der Waals surface area contributed by atoms with Crippen molar-refractivity contribution < 1.29 is 18.3 Å². The topological polar surface area (TPSA) is 64.3 Å². The summed E-state index contributed by atoms with van der Waals surface area (Å²) in [6.07, 6.45) is 1.52. The van der Waals surface area contributed by atoms with Gasteiger partial charge in [0.05, 0.1) is 11.3 Å². The number of anilines is 1. The van der Waals surface area contributed by atoms with E-state index in [1.165, 1.54) is 0 Å². The molecule has 1 amide bonds. The van der Waals surface area contributed by atoms with E-state index in [1.807, 2.05) is 0 Å². The Morgan fingerprint density at radius 2 is 2.06 bits per heavy atom. The van der Waals surface area contributed by atoms with Crippen LogP contribution >= 0.6 is 0 Å². The van der Waals surface area contributed by atoms with Crippen molar-refractivity contribution in [1.82, 2.24) is 5.32 Å². The summed E-state index contributed by atoms with van der Waals surface area (Å²) < 4.78 is 31.1. The number of benzene rings is 1. The van der Waals surface area contributed by atoms with Gasteiger partial charge in [-0.3, -0.25) is 4.79 Å². The Morgan fingerprint density at radius 3 is 2.72 bits per heavy atom. The zero-order chi connectivity index (χ0) is 13.5. The quantitative estimate of drug-likeness (QED) is 0.603. The van der Waals surface area contributed by atoms with Gasteiger partial charge >= 0.3 is 0 Å². The summed E-state index contributed by atoms with van der Waals surface area (Å²) >= 11 is 0. The first kappa shape index (κ1) is 14.4. The summed E-state index contributed by atoms with van der Waals surface area (Å²) in [5.41, 5.74) is 4.78. The van der Waals surface area contributed by atoms with Gasteiger partial charge in [-0.15, -0.1) is 0 Å². The molecule has 0 spiro atoms. The first-order valence-electron chi connectivity index (χ1n) is 5.58. The molecule has 0 aliphatic carbocycles. The van der Waals surface area contributed by atoms with E-state index in [4.69, 9.17) is 10.5 Å². The number of halogens is 2. The Kier molecular flexibility index (Phi) is 5.51. The second-order valence-electron chi connectivity index (χ2n) is 3.81. The maximum absolute atomic E-state index is 13.3. The smallest absolute Gasteiger partial charge is 0.254 e. The van der Waals surface area contributed by atoms with Gasteiger partial charge < -0.3 is 15.8 Å². The molecule has 0 saturated heterocycles. The van der Waals surface area contributed by atoms with E-state index in [9.17, 15) is 13.6 Å². The lowest BCUT2D eigenvalue weighted by Gasteiger charge is -2.07. The van der Waals surface area contributed by atoms with Crippen LogP contribution in [0.25, 0.3) is 0 Å². The second kappa shape index (κ2) is 6.90. The molecule has 1 aromatic rings. The zero-order valence-corrected chi connectivity index (χ0v) is 10.1. The molecule has 0 atom stereocenters. The summed E-state index contributed by atoms with van der Waals surface area (Å²) in [5.74, 6) is -2.39. The van der Waals surface area contributed by atoms with Crippen molar-refractivity contribution in [3.8, 4) is 0 Å². The van der Waals surface area contributed by atoms with Crippen LogP contribution in [0.2, 0.25) is 0 Å². The fraction of sp³-hybridized carbons (Fsp3) is 0.417. The molecule has 0 aromatic heterocycles. The van der Waals surface area contributed by atoms with Crippen molar-refractivity contribution in [3.63, 3.8) is 0 Å². The van der Waals surface area contributed by atoms with Crippen molar-refractivity contribution in [2.24, 2.45) is 0 Å². The number of unbranched alkanes of at least 4 members (excludes halogenated alkanes) is 1. The first-order chi connectivity index (χ1) is 8.56. The predicted octanol–water partition coefficient (Wildman–Crippen LogP) is 1.70. The molecule has 3 N–H and O–H groups in total. The van der Waals surface area contributed by atoms with Crippen LogP contribution in [0, 0.1) is 11.6 Å². The zero-order valence-electron chi connectivity index (χ0n) is 10.1. The lowest BCUT2D eigenvalue weighted by Crippen LogP contribution is -2.25. The predicted molar refractivity (Wildman–Crippen MR) is 64.2 cm³/mol. The van der Waals surface area contributed by atoms with E-state index >= 15 is 0 Å². The molecule has 6 heteroatoms. The Hall–Kier alpha value is -1.69. The number of nitrogens with one attached hydrogen (secondary N) is 1. The SMILES string of the molecule is COCCCCNC(=O)c1cc(N)c(F)cc1F. The molecule has 0 aliphatic rings. The number of hydrogen-bond donors (Lipinski definition) is 2. The fourth-order valence-electron chi connectivity index (χ4n) is 1.41. The molecule has 0 bridgehead atoms. The third kappa shape index (κ3) is 3.96. The van der Waals surface area contributed by atoms with Crippen molar-refractivity contribution in [2.45, 2.75) is 12.8 Å². The van der Waals surface area contributed by atoms with Crippen LogP contribution in [0.3, 0.4) is 0 Å². The number of methoxy groups -OCH3 is 1.